The van der Waals surface area contributed by atoms with Crippen molar-refractivity contribution in [2.24, 2.45) is 11.3 Å². The monoisotopic (exact) mass is 510 g/mol. The Morgan fingerprint density at radius 3 is 2.67 bits per heavy atom. The molecule has 9 nitrogen and oxygen atoms in total. The summed E-state index contributed by atoms with van der Waals surface area (Å²) in [6.07, 6.45) is 2.61. The number of hydrogen-bond donors (Lipinski definition) is 3. The van der Waals surface area contributed by atoms with E-state index < -0.39 is 17.4 Å². The van der Waals surface area contributed by atoms with Crippen LogP contribution in [0.25, 0.3) is 5.52 Å². The number of alkyl halides is 3. The van der Waals surface area contributed by atoms with Gasteiger partial charge in [0.05, 0.1) is 37.1 Å². The molecule has 3 N–H and O–H groups in total. The van der Waals surface area contributed by atoms with Crippen molar-refractivity contribution >= 4 is 11.4 Å². The molecule has 2 aliphatic heterocycles. The smallest absolute Gasteiger partial charge is 0.380 e. The molecule has 36 heavy (non-hydrogen) atoms. The maximum atomic E-state index is 13.9. The van der Waals surface area contributed by atoms with Gasteiger partial charge in [0.2, 0.25) is 5.91 Å². The summed E-state index contributed by atoms with van der Waals surface area (Å²) >= 11 is 0. The second-order valence-corrected chi connectivity index (χ2v) is 10.6. The highest BCUT2D eigenvalue weighted by Crippen LogP contribution is 2.49. The first-order chi connectivity index (χ1) is 17.1. The van der Waals surface area contributed by atoms with Crippen LogP contribution in [0.2, 0.25) is 0 Å². The van der Waals surface area contributed by atoms with Gasteiger partial charge in [-0.25, -0.2) is 15.6 Å². The number of fused-ring (bicyclic) bond motifs is 1. The summed E-state index contributed by atoms with van der Waals surface area (Å²) in [7, 11) is 2.05. The first-order valence-electron chi connectivity index (χ1n) is 12.4. The first-order valence-corrected chi connectivity index (χ1v) is 12.4. The van der Waals surface area contributed by atoms with Gasteiger partial charge in [-0.3, -0.25) is 18.7 Å². The predicted molar refractivity (Wildman–Crippen MR) is 126 cm³/mol. The summed E-state index contributed by atoms with van der Waals surface area (Å²) in [5, 5.41) is 2.51. The molecule has 1 aliphatic carbocycles. The van der Waals surface area contributed by atoms with Gasteiger partial charge in [-0.15, -0.1) is 0 Å². The van der Waals surface area contributed by atoms with Crippen LogP contribution in [0.4, 0.5) is 13.2 Å². The number of hydrogen-bond acceptors (Lipinski definition) is 6. The molecule has 12 heteroatoms. The number of imidazole rings is 1. The van der Waals surface area contributed by atoms with Crippen molar-refractivity contribution in [1.29, 1.82) is 0 Å². The molecule has 3 fully saturated rings. The van der Waals surface area contributed by atoms with Crippen LogP contribution in [-0.2, 0) is 22.3 Å². The van der Waals surface area contributed by atoms with Crippen LogP contribution < -0.4 is 21.9 Å². The lowest BCUT2D eigenvalue weighted by molar-refractivity contribution is -0.167. The van der Waals surface area contributed by atoms with Crippen molar-refractivity contribution in [3.63, 3.8) is 0 Å². The van der Waals surface area contributed by atoms with Gasteiger partial charge < -0.3 is 10.1 Å². The second kappa shape index (κ2) is 9.47. The zero-order valence-electron chi connectivity index (χ0n) is 20.5. The highest BCUT2D eigenvalue weighted by molar-refractivity contribution is 5.72. The summed E-state index contributed by atoms with van der Waals surface area (Å²) in [6.45, 7) is 3.29. The molecule has 0 spiro atoms. The summed E-state index contributed by atoms with van der Waals surface area (Å²) in [4.78, 5) is 26.9. The van der Waals surface area contributed by atoms with Crippen molar-refractivity contribution < 1.29 is 22.7 Å². The second-order valence-electron chi connectivity index (χ2n) is 10.6. The molecule has 3 aliphatic rings. The van der Waals surface area contributed by atoms with Crippen molar-refractivity contribution in [1.82, 2.24) is 30.0 Å². The van der Waals surface area contributed by atoms with Gasteiger partial charge in [0.25, 0.3) is 0 Å². The molecule has 0 aromatic carbocycles. The van der Waals surface area contributed by atoms with Gasteiger partial charge in [-0.05, 0) is 50.3 Å². The van der Waals surface area contributed by atoms with E-state index >= 15 is 0 Å². The normalized spacial score (nSPS) is 26.8. The number of carbonyl (C=O) groups excluding carboxylic acids is 1. The minimum absolute atomic E-state index is 0.0119. The average Bonchev–Trinajstić information content (AvgIpc) is 3.36. The largest absolute Gasteiger partial charge is 0.418 e. The van der Waals surface area contributed by atoms with Crippen LogP contribution in [0.3, 0.4) is 0 Å². The molecular formula is C24H33F3N6O3. The number of amides is 1. The lowest BCUT2D eigenvalue weighted by Crippen LogP contribution is -2.54. The molecule has 0 radical (unpaired) electrons. The quantitative estimate of drug-likeness (QED) is 0.552. The lowest BCUT2D eigenvalue weighted by Gasteiger charge is -2.51. The van der Waals surface area contributed by atoms with Gasteiger partial charge in [0.1, 0.15) is 0 Å². The lowest BCUT2D eigenvalue weighted by atomic mass is 9.64. The third kappa shape index (κ3) is 4.67. The molecule has 1 saturated carbocycles. The third-order valence-corrected chi connectivity index (χ3v) is 8.11. The Hall–Kier alpha value is -2.41. The standard InChI is InChI=1S/C24H33F3N6O3/c1-15(34)28-9-16-6-19(24(25,26)27)20-11-32(22(35)33(20)10-16)18-5-3-4-17(7-18)23(12-36-13-23)8-21-30-29-14-31(21)2/h6,10-11,17-18,21,29-30H,3-5,7-9,12-14H2,1-2H3,(H,28,34). The number of carbonyl (C=O) groups is 1. The first kappa shape index (κ1) is 25.2. The van der Waals surface area contributed by atoms with Crippen molar-refractivity contribution in [2.75, 3.05) is 26.9 Å². The third-order valence-electron chi connectivity index (χ3n) is 8.11. The Bertz CT molecular complexity index is 1190. The molecule has 3 atom stereocenters. The fourth-order valence-corrected chi connectivity index (χ4v) is 6.03. The molecule has 0 bridgehead atoms. The van der Waals surface area contributed by atoms with Gasteiger partial charge in [-0.2, -0.15) is 13.2 Å². The number of pyridine rings is 1. The zero-order valence-corrected chi connectivity index (χ0v) is 20.5. The average molecular weight is 511 g/mol. The van der Waals surface area contributed by atoms with Gasteiger partial charge in [0, 0.05) is 37.3 Å². The van der Waals surface area contributed by atoms with E-state index in [0.29, 0.717) is 19.1 Å². The maximum absolute atomic E-state index is 13.9. The van der Waals surface area contributed by atoms with E-state index in [1.165, 1.54) is 23.9 Å². The topological polar surface area (TPSA) is 92.0 Å². The summed E-state index contributed by atoms with van der Waals surface area (Å²) in [5.74, 6) is -0.0429. The van der Waals surface area contributed by atoms with Crippen molar-refractivity contribution in [3.8, 4) is 0 Å². The van der Waals surface area contributed by atoms with Crippen LogP contribution in [0.1, 0.15) is 56.2 Å². The van der Waals surface area contributed by atoms with E-state index in [1.54, 1.807) is 0 Å². The predicted octanol–water partition coefficient (Wildman–Crippen LogP) is 2.22. The van der Waals surface area contributed by atoms with E-state index in [9.17, 15) is 22.8 Å². The van der Waals surface area contributed by atoms with Crippen LogP contribution in [0.15, 0.2) is 23.3 Å². The zero-order chi connectivity index (χ0) is 25.7. The number of aromatic nitrogens is 2. The van der Waals surface area contributed by atoms with E-state index in [2.05, 4.69) is 28.1 Å². The van der Waals surface area contributed by atoms with Crippen molar-refractivity contribution in [2.45, 2.75) is 64.0 Å². The Kier molecular flexibility index (Phi) is 6.64. The number of nitrogens with one attached hydrogen (secondary N) is 3. The molecule has 4 heterocycles. The summed E-state index contributed by atoms with van der Waals surface area (Å²) in [5.41, 5.74) is 5.17. The number of halogens is 3. The van der Waals surface area contributed by atoms with Gasteiger partial charge in [0.15, 0.2) is 0 Å². The molecular weight excluding hydrogens is 477 g/mol. The molecule has 2 aromatic rings. The number of rotatable bonds is 6. The van der Waals surface area contributed by atoms with Crippen LogP contribution in [0, 0.1) is 11.3 Å². The Balaban J connectivity index is 1.45. The fraction of sp³-hybridized carbons (Fsp3) is 0.667. The van der Waals surface area contributed by atoms with Gasteiger partial charge >= 0.3 is 11.9 Å². The molecule has 2 aromatic heterocycles. The van der Waals surface area contributed by atoms with E-state index in [4.69, 9.17) is 4.74 Å². The summed E-state index contributed by atoms with van der Waals surface area (Å²) < 4.78 is 50.0. The maximum Gasteiger partial charge on any atom is 0.418 e. The molecule has 5 rings (SSSR count). The Morgan fingerprint density at radius 1 is 1.28 bits per heavy atom. The van der Waals surface area contributed by atoms with E-state index in [1.807, 2.05) is 0 Å². The van der Waals surface area contributed by atoms with Crippen LogP contribution in [-0.4, -0.2) is 52.9 Å². The number of nitrogens with zero attached hydrogens (tertiary/aromatic N) is 3. The molecule has 3 unspecified atom stereocenters. The SMILES string of the molecule is CC(=O)NCc1cc(C(F)(F)F)c2cn(C3CCCC(C4(CC5NNCN5C)COC4)C3)c(=O)n2c1. The number of ether oxygens (including phenoxy) is 1. The molecule has 1 amide bonds. The molecule has 2 saturated heterocycles. The Morgan fingerprint density at radius 2 is 2.06 bits per heavy atom. The van der Waals surface area contributed by atoms with Gasteiger partial charge in [-0.1, -0.05) is 6.42 Å². The minimum Gasteiger partial charge on any atom is -0.380 e. The Labute approximate surface area is 206 Å². The highest BCUT2D eigenvalue weighted by Gasteiger charge is 2.49. The van der Waals surface area contributed by atoms with Crippen LogP contribution in [0.5, 0.6) is 0 Å². The van der Waals surface area contributed by atoms with E-state index in [0.717, 1.165) is 49.2 Å². The highest BCUT2D eigenvalue weighted by atomic mass is 19.4. The molecule has 198 valence electrons. The fourth-order valence-electron chi connectivity index (χ4n) is 6.03. The van der Waals surface area contributed by atoms with Crippen molar-refractivity contribution in [3.05, 3.63) is 40.1 Å². The van der Waals surface area contributed by atoms with E-state index in [-0.39, 0.29) is 41.2 Å². The summed E-state index contributed by atoms with van der Waals surface area (Å²) in [6, 6.07) is 0.833. The van der Waals surface area contributed by atoms with Crippen LogP contribution >= 0.6 is 0 Å². The minimum atomic E-state index is -4.63. The number of hydrazine groups is 1.